The molecule has 12 heavy (non-hydrogen) atoms. The van der Waals surface area contributed by atoms with Gasteiger partial charge in [0.2, 0.25) is 0 Å². The maximum atomic E-state index is 10.4. The zero-order valence-electron chi connectivity index (χ0n) is 6.02. The number of carbonyl (C=O) groups is 1. The summed E-state index contributed by atoms with van der Waals surface area (Å²) in [6.45, 7) is 0. The highest BCUT2D eigenvalue weighted by molar-refractivity contribution is 6.07. The van der Waals surface area contributed by atoms with Crippen LogP contribution in [0.3, 0.4) is 0 Å². The Hall–Kier alpha value is -1.78. The van der Waals surface area contributed by atoms with Crippen LogP contribution in [0.1, 0.15) is 6.42 Å². The molecule has 5 heteroatoms. The third-order valence-corrected chi connectivity index (χ3v) is 1.68. The Morgan fingerprint density at radius 1 is 1.50 bits per heavy atom. The van der Waals surface area contributed by atoms with Crippen LogP contribution in [0.25, 0.3) is 0 Å². The number of carboxylic acid groups (broad SMARTS) is 1. The van der Waals surface area contributed by atoms with E-state index in [4.69, 9.17) is 0 Å². The monoisotopic (exact) mass is 162 g/mol. The number of nitrogens with zero attached hydrogens (tertiary/aromatic N) is 3. The standard InChI is InChI=1S/C7H5N3O2/c11-7(12)4-1-2-5-6(3-4)9-10-8-5/h1-2H,3H2,(H,11,12)/p-1. The predicted molar refractivity (Wildman–Crippen MR) is 38.1 cm³/mol. The molecule has 0 aromatic carbocycles. The molecule has 1 aliphatic carbocycles. The van der Waals surface area contributed by atoms with Gasteiger partial charge in [0, 0.05) is 6.42 Å². The normalized spacial score (nSPS) is 19.5. The second kappa shape index (κ2) is 2.37. The first-order chi connectivity index (χ1) is 5.77. The summed E-state index contributed by atoms with van der Waals surface area (Å²) in [7, 11) is 0. The first kappa shape index (κ1) is 6.90. The van der Waals surface area contributed by atoms with Gasteiger partial charge in [0.25, 0.3) is 0 Å². The molecule has 0 saturated carbocycles. The summed E-state index contributed by atoms with van der Waals surface area (Å²) >= 11 is 0. The summed E-state index contributed by atoms with van der Waals surface area (Å²) in [6.07, 6.45) is 3.29. The van der Waals surface area contributed by atoms with Crippen molar-refractivity contribution in [3.05, 3.63) is 23.4 Å². The number of fused-ring (bicyclic) bond motifs is 1. The van der Waals surface area contributed by atoms with E-state index in [2.05, 4.69) is 15.4 Å². The van der Waals surface area contributed by atoms with Crippen LogP contribution in [0.5, 0.6) is 0 Å². The molecule has 0 fully saturated rings. The Balaban J connectivity index is 2.33. The highest BCUT2D eigenvalue weighted by Gasteiger charge is 2.17. The third kappa shape index (κ3) is 0.952. The predicted octanol–water partition coefficient (Wildman–Crippen LogP) is -0.228. The van der Waals surface area contributed by atoms with E-state index in [0.717, 1.165) is 0 Å². The van der Waals surface area contributed by atoms with Crippen LogP contribution in [-0.2, 0) is 4.79 Å². The molecule has 1 heterocycles. The summed E-state index contributed by atoms with van der Waals surface area (Å²) in [6, 6.07) is 0. The molecule has 0 aromatic heterocycles. The molecule has 1 aliphatic heterocycles. The molecular weight excluding hydrogens is 158 g/mol. The SMILES string of the molecule is O=C([O-])C1=CC=C2N=NN=C2C1. The molecule has 0 amide bonds. The smallest absolute Gasteiger partial charge is 0.111 e. The molecule has 0 radical (unpaired) electrons. The summed E-state index contributed by atoms with van der Waals surface area (Å²) in [5.74, 6) is -1.17. The van der Waals surface area contributed by atoms with Crippen LogP contribution in [-0.4, -0.2) is 11.7 Å². The second-order valence-electron chi connectivity index (χ2n) is 2.44. The van der Waals surface area contributed by atoms with Gasteiger partial charge in [-0.25, -0.2) is 0 Å². The van der Waals surface area contributed by atoms with E-state index in [0.29, 0.717) is 11.4 Å². The van der Waals surface area contributed by atoms with Crippen molar-refractivity contribution in [2.45, 2.75) is 6.42 Å². The van der Waals surface area contributed by atoms with Crippen molar-refractivity contribution in [2.75, 3.05) is 0 Å². The minimum Gasteiger partial charge on any atom is -0.545 e. The van der Waals surface area contributed by atoms with Crippen LogP contribution < -0.4 is 5.11 Å². The molecule has 0 unspecified atom stereocenters. The summed E-state index contributed by atoms with van der Waals surface area (Å²) in [4.78, 5) is 10.4. The Labute approximate surface area is 67.8 Å². The van der Waals surface area contributed by atoms with E-state index in [-0.39, 0.29) is 12.0 Å². The van der Waals surface area contributed by atoms with Gasteiger partial charge in [-0.05, 0) is 16.9 Å². The fourth-order valence-corrected chi connectivity index (χ4v) is 1.05. The number of allylic oxidation sites excluding steroid dienone is 3. The average Bonchev–Trinajstić information content (AvgIpc) is 2.49. The third-order valence-electron chi connectivity index (χ3n) is 1.68. The van der Waals surface area contributed by atoms with Crippen LogP contribution in [0, 0.1) is 0 Å². The number of hydrogen-bond donors (Lipinski definition) is 0. The highest BCUT2D eigenvalue weighted by Crippen LogP contribution is 2.21. The molecule has 0 atom stereocenters. The van der Waals surface area contributed by atoms with Gasteiger partial charge in [-0.2, -0.15) is 0 Å². The Morgan fingerprint density at radius 2 is 2.33 bits per heavy atom. The molecule has 2 aliphatic rings. The van der Waals surface area contributed by atoms with Gasteiger partial charge in [0.05, 0.1) is 11.7 Å². The first-order valence-electron chi connectivity index (χ1n) is 3.37. The van der Waals surface area contributed by atoms with E-state index in [1.807, 2.05) is 0 Å². The van der Waals surface area contributed by atoms with Crippen molar-refractivity contribution in [1.82, 2.24) is 0 Å². The number of carboxylic acids is 1. The highest BCUT2D eigenvalue weighted by atomic mass is 16.4. The molecule has 0 bridgehead atoms. The molecule has 0 saturated heterocycles. The van der Waals surface area contributed by atoms with Crippen molar-refractivity contribution in [3.63, 3.8) is 0 Å². The lowest BCUT2D eigenvalue weighted by atomic mass is 10.0. The molecule has 0 spiro atoms. The van der Waals surface area contributed by atoms with Crippen molar-refractivity contribution < 1.29 is 9.90 Å². The largest absolute Gasteiger partial charge is 0.545 e. The molecule has 5 nitrogen and oxygen atoms in total. The summed E-state index contributed by atoms with van der Waals surface area (Å²) in [5, 5.41) is 21.2. The van der Waals surface area contributed by atoms with Crippen LogP contribution in [0.4, 0.5) is 0 Å². The van der Waals surface area contributed by atoms with Gasteiger partial charge in [-0.15, -0.1) is 10.2 Å². The fraction of sp³-hybridized carbons (Fsp3) is 0.143. The number of rotatable bonds is 1. The minimum absolute atomic E-state index is 0.213. The van der Waals surface area contributed by atoms with E-state index >= 15 is 0 Å². The molecular formula is C7H4N3O2-. The van der Waals surface area contributed by atoms with Gasteiger partial charge in [-0.3, -0.25) is 0 Å². The zero-order valence-corrected chi connectivity index (χ0v) is 6.02. The summed E-state index contributed by atoms with van der Waals surface area (Å²) < 4.78 is 0. The van der Waals surface area contributed by atoms with Crippen molar-refractivity contribution in [3.8, 4) is 0 Å². The summed E-state index contributed by atoms with van der Waals surface area (Å²) in [5.41, 5.74) is 1.45. The topological polar surface area (TPSA) is 77.2 Å². The quantitative estimate of drug-likeness (QED) is 0.534. The van der Waals surface area contributed by atoms with E-state index in [1.54, 1.807) is 6.08 Å². The maximum Gasteiger partial charge on any atom is 0.111 e. The Kier molecular flexibility index (Phi) is 1.36. The molecule has 0 aromatic rings. The van der Waals surface area contributed by atoms with E-state index < -0.39 is 5.97 Å². The molecule has 60 valence electrons. The van der Waals surface area contributed by atoms with Crippen LogP contribution in [0.2, 0.25) is 0 Å². The zero-order chi connectivity index (χ0) is 8.55. The first-order valence-corrected chi connectivity index (χ1v) is 3.37. The number of carbonyl (C=O) groups excluding carboxylic acids is 1. The van der Waals surface area contributed by atoms with Gasteiger partial charge >= 0.3 is 0 Å². The lowest BCUT2D eigenvalue weighted by molar-refractivity contribution is -0.299. The second-order valence-corrected chi connectivity index (χ2v) is 2.44. The van der Waals surface area contributed by atoms with Crippen LogP contribution >= 0.6 is 0 Å². The Bertz CT molecular complexity index is 363. The number of aliphatic carboxylic acids is 1. The van der Waals surface area contributed by atoms with Gasteiger partial charge in [0.15, 0.2) is 0 Å². The van der Waals surface area contributed by atoms with E-state index in [1.165, 1.54) is 6.08 Å². The van der Waals surface area contributed by atoms with Gasteiger partial charge in [0.1, 0.15) is 5.70 Å². The van der Waals surface area contributed by atoms with Gasteiger partial charge in [-0.1, -0.05) is 6.08 Å². The Morgan fingerprint density at radius 3 is 3.08 bits per heavy atom. The average molecular weight is 162 g/mol. The van der Waals surface area contributed by atoms with Crippen LogP contribution in [0.15, 0.2) is 38.9 Å². The maximum absolute atomic E-state index is 10.4. The van der Waals surface area contributed by atoms with E-state index in [9.17, 15) is 9.90 Å². The lowest BCUT2D eigenvalue weighted by Gasteiger charge is -2.10. The van der Waals surface area contributed by atoms with Gasteiger partial charge < -0.3 is 9.90 Å². The van der Waals surface area contributed by atoms with Crippen molar-refractivity contribution in [1.29, 1.82) is 0 Å². The van der Waals surface area contributed by atoms with Crippen molar-refractivity contribution >= 4 is 11.7 Å². The minimum atomic E-state index is -1.17. The molecule has 0 N–H and O–H groups in total. The number of hydrogen-bond acceptors (Lipinski definition) is 5. The lowest BCUT2D eigenvalue weighted by Crippen LogP contribution is -2.26. The molecule has 2 rings (SSSR count). The van der Waals surface area contributed by atoms with Crippen molar-refractivity contribution in [2.24, 2.45) is 15.4 Å². The fourth-order valence-electron chi connectivity index (χ4n) is 1.05.